The van der Waals surface area contributed by atoms with Crippen molar-refractivity contribution in [3.63, 3.8) is 0 Å². The van der Waals surface area contributed by atoms with Crippen LogP contribution in [0.5, 0.6) is 0 Å². The summed E-state index contributed by atoms with van der Waals surface area (Å²) in [5.74, 6) is 0. The van der Waals surface area contributed by atoms with Gasteiger partial charge in [-0.2, -0.15) is 5.26 Å². The fourth-order valence-corrected chi connectivity index (χ4v) is 2.70. The molecule has 0 aliphatic carbocycles. The van der Waals surface area contributed by atoms with E-state index in [4.69, 9.17) is 15.4 Å². The zero-order valence-corrected chi connectivity index (χ0v) is 10.5. The molecule has 0 atom stereocenters. The van der Waals surface area contributed by atoms with Gasteiger partial charge in [-0.25, -0.2) is 4.79 Å². The van der Waals surface area contributed by atoms with Gasteiger partial charge in [0.2, 0.25) is 0 Å². The normalized spacial score (nSPS) is 10.5. The molecule has 0 radical (unpaired) electrons. The molecule has 4 nitrogen and oxygen atoms in total. The summed E-state index contributed by atoms with van der Waals surface area (Å²) in [4.78, 5) is 12.0. The Morgan fingerprint density at radius 3 is 2.84 bits per heavy atom. The predicted octanol–water partition coefficient (Wildman–Crippen LogP) is 2.98. The summed E-state index contributed by atoms with van der Waals surface area (Å²) in [7, 11) is 0. The van der Waals surface area contributed by atoms with Gasteiger partial charge in [0.15, 0.2) is 0 Å². The Kier molecular flexibility index (Phi) is 2.58. The van der Waals surface area contributed by atoms with Crippen LogP contribution >= 0.6 is 11.3 Å². The number of nitrogens with zero attached hydrogens (tertiary/aromatic N) is 1. The Morgan fingerprint density at radius 1 is 1.26 bits per heavy atom. The third-order valence-corrected chi connectivity index (χ3v) is 3.67. The Balaban J connectivity index is 2.34. The van der Waals surface area contributed by atoms with Crippen molar-refractivity contribution < 1.29 is 4.42 Å². The molecule has 3 aromatic rings. The Bertz CT molecular complexity index is 871. The minimum Gasteiger partial charge on any atom is -0.422 e. The maximum Gasteiger partial charge on any atom is 0.344 e. The van der Waals surface area contributed by atoms with E-state index in [0.717, 1.165) is 5.39 Å². The van der Waals surface area contributed by atoms with Gasteiger partial charge in [-0.05, 0) is 12.1 Å². The second-order valence-corrected chi connectivity index (χ2v) is 4.90. The number of rotatable bonds is 1. The molecule has 0 fully saturated rings. The van der Waals surface area contributed by atoms with Crippen molar-refractivity contribution in [1.82, 2.24) is 0 Å². The van der Waals surface area contributed by atoms with Crippen molar-refractivity contribution in [1.29, 1.82) is 5.26 Å². The van der Waals surface area contributed by atoms with Crippen molar-refractivity contribution in [2.24, 2.45) is 0 Å². The van der Waals surface area contributed by atoms with Gasteiger partial charge in [0, 0.05) is 16.3 Å². The quantitative estimate of drug-likeness (QED) is 0.688. The number of hydrogen-bond donors (Lipinski definition) is 1. The van der Waals surface area contributed by atoms with E-state index in [2.05, 4.69) is 0 Å². The topological polar surface area (TPSA) is 80.0 Å². The first-order valence-corrected chi connectivity index (χ1v) is 6.39. The Morgan fingerprint density at radius 2 is 2.05 bits per heavy atom. The largest absolute Gasteiger partial charge is 0.422 e. The predicted molar refractivity (Wildman–Crippen MR) is 74.9 cm³/mol. The molecule has 0 spiro atoms. The average Bonchev–Trinajstić information content (AvgIpc) is 2.78. The lowest BCUT2D eigenvalue weighted by atomic mass is 10.1. The van der Waals surface area contributed by atoms with E-state index in [1.165, 1.54) is 11.3 Å². The monoisotopic (exact) mass is 268 g/mol. The van der Waals surface area contributed by atoms with Gasteiger partial charge >= 0.3 is 5.63 Å². The lowest BCUT2D eigenvalue weighted by Gasteiger charge is -2.00. The first kappa shape index (κ1) is 11.5. The number of nitrogens with two attached hydrogens (primary N) is 1. The number of benzene rings is 1. The summed E-state index contributed by atoms with van der Waals surface area (Å²) < 4.78 is 5.25. The highest BCUT2D eigenvalue weighted by Crippen LogP contribution is 2.32. The first-order valence-electron chi connectivity index (χ1n) is 5.51. The molecule has 2 heterocycles. The van der Waals surface area contributed by atoms with Crippen LogP contribution < -0.4 is 11.4 Å². The molecular weight excluding hydrogens is 260 g/mol. The minimum absolute atomic E-state index is 0.326. The molecule has 0 bridgehead atoms. The van der Waals surface area contributed by atoms with Crippen molar-refractivity contribution in [3.8, 4) is 17.2 Å². The molecule has 0 amide bonds. The molecule has 3 rings (SSSR count). The van der Waals surface area contributed by atoms with Crippen LogP contribution in [0.15, 0.2) is 44.9 Å². The second-order valence-electron chi connectivity index (χ2n) is 3.99. The SMILES string of the molecule is N#Cc1c(-c2cc3ccccc3oc2=O)csc1N. The van der Waals surface area contributed by atoms with Crippen molar-refractivity contribution in [2.45, 2.75) is 0 Å². The summed E-state index contributed by atoms with van der Waals surface area (Å²) in [6.45, 7) is 0. The fourth-order valence-electron chi connectivity index (χ4n) is 1.94. The van der Waals surface area contributed by atoms with Crippen LogP contribution in [-0.4, -0.2) is 0 Å². The van der Waals surface area contributed by atoms with Crippen LogP contribution in [0.25, 0.3) is 22.1 Å². The van der Waals surface area contributed by atoms with Crippen LogP contribution in [0.2, 0.25) is 0 Å². The van der Waals surface area contributed by atoms with Crippen LogP contribution in [0.1, 0.15) is 5.56 Å². The molecule has 92 valence electrons. The minimum atomic E-state index is -0.465. The van der Waals surface area contributed by atoms with Crippen molar-refractivity contribution in [3.05, 3.63) is 51.7 Å². The van der Waals surface area contributed by atoms with Crippen molar-refractivity contribution in [2.75, 3.05) is 5.73 Å². The van der Waals surface area contributed by atoms with E-state index in [1.54, 1.807) is 23.6 Å². The molecule has 0 unspecified atom stereocenters. The molecule has 0 aliphatic heterocycles. The maximum atomic E-state index is 12.0. The summed E-state index contributed by atoms with van der Waals surface area (Å²) in [5.41, 5.74) is 7.00. The second kappa shape index (κ2) is 4.26. The number of nitriles is 1. The van der Waals surface area contributed by atoms with E-state index in [0.29, 0.717) is 27.3 Å². The van der Waals surface area contributed by atoms with Gasteiger partial charge in [-0.15, -0.1) is 11.3 Å². The number of anilines is 1. The lowest BCUT2D eigenvalue weighted by Crippen LogP contribution is -2.03. The number of thiophene rings is 1. The third-order valence-electron chi connectivity index (χ3n) is 2.86. The van der Waals surface area contributed by atoms with Gasteiger partial charge in [0.1, 0.15) is 16.7 Å². The van der Waals surface area contributed by atoms with Crippen LogP contribution in [0.4, 0.5) is 5.00 Å². The molecule has 19 heavy (non-hydrogen) atoms. The highest BCUT2D eigenvalue weighted by atomic mass is 32.1. The van der Waals surface area contributed by atoms with E-state index >= 15 is 0 Å². The summed E-state index contributed by atoms with van der Waals surface area (Å²) in [6.07, 6.45) is 0. The van der Waals surface area contributed by atoms with Gasteiger partial charge in [-0.3, -0.25) is 0 Å². The van der Waals surface area contributed by atoms with Gasteiger partial charge < -0.3 is 10.2 Å². The van der Waals surface area contributed by atoms with E-state index in [-0.39, 0.29) is 0 Å². The summed E-state index contributed by atoms with van der Waals surface area (Å²) in [6, 6.07) is 11.0. The van der Waals surface area contributed by atoms with Crippen LogP contribution in [-0.2, 0) is 0 Å². The molecule has 2 aromatic heterocycles. The van der Waals surface area contributed by atoms with Gasteiger partial charge in [0.25, 0.3) is 0 Å². The van der Waals surface area contributed by atoms with E-state index in [9.17, 15) is 4.79 Å². The van der Waals surface area contributed by atoms with Gasteiger partial charge in [0.05, 0.1) is 11.1 Å². The number of para-hydroxylation sites is 1. The number of hydrogen-bond acceptors (Lipinski definition) is 5. The fraction of sp³-hybridized carbons (Fsp3) is 0. The highest BCUT2D eigenvalue weighted by Gasteiger charge is 2.15. The lowest BCUT2D eigenvalue weighted by molar-refractivity contribution is 0.563. The number of fused-ring (bicyclic) bond motifs is 1. The average molecular weight is 268 g/mol. The molecule has 0 saturated heterocycles. The third kappa shape index (κ3) is 1.79. The molecule has 0 aliphatic rings. The standard InChI is InChI=1S/C14H8N2O2S/c15-6-10-11(7-19-13(10)16)9-5-8-3-1-2-4-12(8)18-14(9)17/h1-5,7H,16H2. The van der Waals surface area contributed by atoms with E-state index in [1.807, 2.05) is 18.2 Å². The maximum absolute atomic E-state index is 12.0. The van der Waals surface area contributed by atoms with E-state index < -0.39 is 5.63 Å². The molecular formula is C14H8N2O2S. The Labute approximate surface area is 112 Å². The smallest absolute Gasteiger partial charge is 0.344 e. The zero-order chi connectivity index (χ0) is 13.4. The summed E-state index contributed by atoms with van der Waals surface area (Å²) >= 11 is 1.24. The van der Waals surface area contributed by atoms with Crippen LogP contribution in [0, 0.1) is 11.3 Å². The summed E-state index contributed by atoms with van der Waals surface area (Å²) in [5, 5.41) is 12.0. The molecule has 2 N–H and O–H groups in total. The number of nitrogen functional groups attached to an aromatic ring is 1. The van der Waals surface area contributed by atoms with Crippen molar-refractivity contribution >= 4 is 27.3 Å². The van der Waals surface area contributed by atoms with Crippen LogP contribution in [0.3, 0.4) is 0 Å². The molecule has 5 heteroatoms. The zero-order valence-electron chi connectivity index (χ0n) is 9.71. The Hall–Kier alpha value is -2.58. The first-order chi connectivity index (χ1) is 9.20. The van der Waals surface area contributed by atoms with Gasteiger partial charge in [-0.1, -0.05) is 18.2 Å². The molecule has 0 saturated carbocycles. The highest BCUT2D eigenvalue weighted by molar-refractivity contribution is 7.14. The molecule has 1 aromatic carbocycles.